The lowest BCUT2D eigenvalue weighted by molar-refractivity contribution is -0.141. The first-order valence-corrected chi connectivity index (χ1v) is 8.41. The fraction of sp³-hybridized carbons (Fsp3) is 0.167. The lowest BCUT2D eigenvalue weighted by Gasteiger charge is -2.18. The van der Waals surface area contributed by atoms with Crippen molar-refractivity contribution in [2.75, 3.05) is 7.11 Å². The number of halogens is 1. The van der Waals surface area contributed by atoms with Crippen LogP contribution >= 0.6 is 11.6 Å². The van der Waals surface area contributed by atoms with Crippen LogP contribution in [0.4, 0.5) is 0 Å². The number of benzene rings is 2. The highest BCUT2D eigenvalue weighted by Crippen LogP contribution is 2.21. The summed E-state index contributed by atoms with van der Waals surface area (Å²) in [5.41, 5.74) is 1.92. The number of amides is 1. The van der Waals surface area contributed by atoms with Crippen LogP contribution in [0.5, 0.6) is 0 Å². The number of nitrogens with zero attached hydrogens (tertiary/aromatic N) is 4. The Labute approximate surface area is 160 Å². The Bertz CT molecular complexity index is 911. The zero-order chi connectivity index (χ0) is 19.2. The fourth-order valence-corrected chi connectivity index (χ4v) is 2.61. The average molecular weight is 386 g/mol. The van der Waals surface area contributed by atoms with E-state index in [4.69, 9.17) is 16.3 Å². The predicted molar refractivity (Wildman–Crippen MR) is 97.4 cm³/mol. The van der Waals surface area contributed by atoms with E-state index in [0.29, 0.717) is 10.6 Å². The Morgan fingerprint density at radius 3 is 2.44 bits per heavy atom. The number of esters is 1. The predicted octanol–water partition coefficient (Wildman–Crippen LogP) is 2.35. The van der Waals surface area contributed by atoms with Crippen LogP contribution in [0.15, 0.2) is 54.9 Å². The summed E-state index contributed by atoms with van der Waals surface area (Å²) in [5, 5.41) is 14.4. The summed E-state index contributed by atoms with van der Waals surface area (Å²) < 4.78 is 6.21. The van der Waals surface area contributed by atoms with Crippen LogP contribution in [0.1, 0.15) is 28.4 Å². The zero-order valence-corrected chi connectivity index (χ0v) is 15.1. The topological polar surface area (TPSA) is 99.0 Å². The van der Waals surface area contributed by atoms with Gasteiger partial charge in [-0.2, -0.15) is 0 Å². The summed E-state index contributed by atoms with van der Waals surface area (Å²) in [6, 6.07) is 13.1. The second-order valence-corrected chi connectivity index (χ2v) is 6.10. The van der Waals surface area contributed by atoms with Crippen molar-refractivity contribution in [3.8, 4) is 5.69 Å². The van der Waals surface area contributed by atoms with Gasteiger partial charge >= 0.3 is 5.97 Å². The van der Waals surface area contributed by atoms with E-state index in [0.717, 1.165) is 11.3 Å². The van der Waals surface area contributed by atoms with E-state index in [2.05, 4.69) is 20.8 Å². The molecule has 27 heavy (non-hydrogen) atoms. The summed E-state index contributed by atoms with van der Waals surface area (Å²) in [5.74, 6) is -0.744. The second-order valence-electron chi connectivity index (χ2n) is 5.66. The maximum atomic E-state index is 12.6. The van der Waals surface area contributed by atoms with E-state index in [1.165, 1.54) is 18.1 Å². The van der Waals surface area contributed by atoms with E-state index in [1.54, 1.807) is 48.5 Å². The molecule has 8 nitrogen and oxygen atoms in total. The van der Waals surface area contributed by atoms with Crippen molar-refractivity contribution in [2.45, 2.75) is 12.5 Å². The number of hydrogen-bond acceptors (Lipinski definition) is 6. The van der Waals surface area contributed by atoms with Gasteiger partial charge < -0.3 is 10.1 Å². The van der Waals surface area contributed by atoms with Crippen LogP contribution in [-0.2, 0) is 9.53 Å². The van der Waals surface area contributed by atoms with Gasteiger partial charge in [0.1, 0.15) is 6.33 Å². The number of ether oxygens (including phenoxy) is 1. The molecule has 0 spiro atoms. The number of carbonyl (C=O) groups is 2. The molecule has 138 valence electrons. The lowest BCUT2D eigenvalue weighted by Crippen LogP contribution is -2.30. The standard InChI is InChI=1S/C18H16ClN5O3/c1-27-17(25)10-16(12-2-6-14(19)7-3-12)21-18(26)13-4-8-15(9-5-13)24-11-20-22-23-24/h2-9,11,16H,10H2,1H3,(H,21,26)/t16-/m1/s1. The van der Waals surface area contributed by atoms with E-state index in [9.17, 15) is 9.59 Å². The molecule has 0 bridgehead atoms. The molecule has 0 aliphatic heterocycles. The van der Waals surface area contributed by atoms with Crippen molar-refractivity contribution in [1.29, 1.82) is 0 Å². The highest BCUT2D eigenvalue weighted by molar-refractivity contribution is 6.30. The van der Waals surface area contributed by atoms with Gasteiger partial charge in [0.05, 0.1) is 25.3 Å². The molecule has 0 saturated carbocycles. The molecule has 0 unspecified atom stereocenters. The van der Waals surface area contributed by atoms with Crippen LogP contribution < -0.4 is 5.32 Å². The monoisotopic (exact) mass is 385 g/mol. The van der Waals surface area contributed by atoms with Gasteiger partial charge in [-0.3, -0.25) is 9.59 Å². The SMILES string of the molecule is COC(=O)C[C@@H](NC(=O)c1ccc(-n2cnnn2)cc1)c1ccc(Cl)cc1. The molecule has 0 radical (unpaired) electrons. The molecule has 1 aromatic heterocycles. The third-order valence-electron chi connectivity index (χ3n) is 3.92. The maximum absolute atomic E-state index is 12.6. The molecule has 3 aromatic rings. The fourth-order valence-electron chi connectivity index (χ4n) is 2.48. The molecular weight excluding hydrogens is 370 g/mol. The molecule has 0 saturated heterocycles. The highest BCUT2D eigenvalue weighted by Gasteiger charge is 2.20. The van der Waals surface area contributed by atoms with Crippen LogP contribution in [0, 0.1) is 0 Å². The van der Waals surface area contributed by atoms with Gasteiger partial charge in [0.2, 0.25) is 0 Å². The van der Waals surface area contributed by atoms with Crippen molar-refractivity contribution >= 4 is 23.5 Å². The number of carbonyl (C=O) groups excluding carboxylic acids is 2. The summed E-state index contributed by atoms with van der Waals surface area (Å²) >= 11 is 5.91. The molecule has 0 aliphatic carbocycles. The number of aromatic nitrogens is 4. The Hall–Kier alpha value is -3.26. The first-order valence-electron chi connectivity index (χ1n) is 8.03. The lowest BCUT2D eigenvalue weighted by atomic mass is 10.0. The normalized spacial score (nSPS) is 11.6. The highest BCUT2D eigenvalue weighted by atomic mass is 35.5. The third kappa shape index (κ3) is 4.68. The minimum atomic E-state index is -0.540. The number of tetrazole rings is 1. The van der Waals surface area contributed by atoms with Gasteiger partial charge in [0.15, 0.2) is 0 Å². The smallest absolute Gasteiger partial charge is 0.307 e. The van der Waals surface area contributed by atoms with E-state index in [-0.39, 0.29) is 12.3 Å². The van der Waals surface area contributed by atoms with Gasteiger partial charge in [0.25, 0.3) is 5.91 Å². The molecule has 1 amide bonds. The first-order chi connectivity index (χ1) is 13.1. The summed E-state index contributed by atoms with van der Waals surface area (Å²) in [4.78, 5) is 24.4. The van der Waals surface area contributed by atoms with Crippen molar-refractivity contribution in [1.82, 2.24) is 25.5 Å². The van der Waals surface area contributed by atoms with Crippen molar-refractivity contribution in [2.24, 2.45) is 0 Å². The number of nitrogens with one attached hydrogen (secondary N) is 1. The summed E-state index contributed by atoms with van der Waals surface area (Å²) in [7, 11) is 1.31. The Morgan fingerprint density at radius 2 is 1.85 bits per heavy atom. The number of rotatable bonds is 6. The third-order valence-corrected chi connectivity index (χ3v) is 4.17. The van der Waals surface area contributed by atoms with Gasteiger partial charge in [-0.05, 0) is 52.4 Å². The molecule has 2 aromatic carbocycles. The minimum Gasteiger partial charge on any atom is -0.469 e. The van der Waals surface area contributed by atoms with Crippen LogP contribution in [-0.4, -0.2) is 39.2 Å². The van der Waals surface area contributed by atoms with Crippen LogP contribution in [0.25, 0.3) is 5.69 Å². The molecule has 1 atom stereocenters. The molecule has 1 N–H and O–H groups in total. The van der Waals surface area contributed by atoms with E-state index < -0.39 is 12.0 Å². The Kier molecular flexibility index (Phi) is 5.77. The molecule has 3 rings (SSSR count). The largest absolute Gasteiger partial charge is 0.469 e. The van der Waals surface area contributed by atoms with Crippen LogP contribution in [0.2, 0.25) is 5.02 Å². The molecule has 1 heterocycles. The Balaban J connectivity index is 1.77. The first kappa shape index (κ1) is 18.5. The van der Waals surface area contributed by atoms with Gasteiger partial charge in [-0.1, -0.05) is 23.7 Å². The minimum absolute atomic E-state index is 0.00653. The van der Waals surface area contributed by atoms with E-state index >= 15 is 0 Å². The van der Waals surface area contributed by atoms with Gasteiger partial charge in [-0.25, -0.2) is 4.68 Å². The summed E-state index contributed by atoms with van der Waals surface area (Å²) in [6.07, 6.45) is 1.47. The maximum Gasteiger partial charge on any atom is 0.307 e. The molecule has 0 aliphatic rings. The average Bonchev–Trinajstić information content (AvgIpc) is 3.23. The number of methoxy groups -OCH3 is 1. The molecular formula is C18H16ClN5O3. The van der Waals surface area contributed by atoms with E-state index in [1.807, 2.05) is 0 Å². The van der Waals surface area contributed by atoms with Gasteiger partial charge in [-0.15, -0.1) is 5.10 Å². The van der Waals surface area contributed by atoms with Crippen molar-refractivity contribution < 1.29 is 14.3 Å². The quantitative estimate of drug-likeness (QED) is 0.654. The summed E-state index contributed by atoms with van der Waals surface area (Å²) in [6.45, 7) is 0. The second kappa shape index (κ2) is 8.41. The van der Waals surface area contributed by atoms with Crippen molar-refractivity contribution in [3.05, 3.63) is 71.0 Å². The van der Waals surface area contributed by atoms with Gasteiger partial charge in [0, 0.05) is 10.6 Å². The van der Waals surface area contributed by atoms with Crippen molar-refractivity contribution in [3.63, 3.8) is 0 Å². The molecule has 0 fully saturated rings. The Morgan fingerprint density at radius 1 is 1.15 bits per heavy atom. The zero-order valence-electron chi connectivity index (χ0n) is 14.4. The molecule has 9 heteroatoms. The van der Waals surface area contributed by atoms with Crippen LogP contribution in [0.3, 0.4) is 0 Å². The number of hydrogen-bond donors (Lipinski definition) is 1.